The van der Waals surface area contributed by atoms with Gasteiger partial charge in [-0.05, 0) is 35.7 Å². The van der Waals surface area contributed by atoms with Crippen LogP contribution in [0.1, 0.15) is 24.2 Å². The quantitative estimate of drug-likeness (QED) is 0.328. The van der Waals surface area contributed by atoms with Crippen molar-refractivity contribution < 1.29 is 9.90 Å². The molecule has 4 heteroatoms. The minimum Gasteiger partial charge on any atom is -0.507 e. The number of aromatic amines is 1. The highest BCUT2D eigenvalue weighted by Gasteiger charge is 2.15. The summed E-state index contributed by atoms with van der Waals surface area (Å²) in [6.45, 7) is 4.00. The van der Waals surface area contributed by atoms with Gasteiger partial charge in [-0.25, -0.2) is 0 Å². The Hall–Kier alpha value is -3.79. The lowest BCUT2D eigenvalue weighted by Gasteiger charge is -2.09. The number of H-pyrrole nitrogens is 1. The average Bonchev–Trinajstić information content (AvgIpc) is 3.15. The van der Waals surface area contributed by atoms with Crippen molar-refractivity contribution >= 4 is 44.2 Å². The first kappa shape index (κ1) is 18.6. The molecule has 0 saturated heterocycles. The maximum atomic E-state index is 12.6. The lowest BCUT2D eigenvalue weighted by atomic mass is 10.0. The topological polar surface area (TPSA) is 65.1 Å². The van der Waals surface area contributed by atoms with E-state index < -0.39 is 0 Å². The molecular formula is C25H22N2O2. The van der Waals surface area contributed by atoms with E-state index in [9.17, 15) is 9.90 Å². The Bertz CT molecular complexity index is 1320. The summed E-state index contributed by atoms with van der Waals surface area (Å²) in [4.78, 5) is 16.0. The maximum absolute atomic E-state index is 12.6. The molecule has 144 valence electrons. The number of para-hydroxylation sites is 2. The van der Waals surface area contributed by atoms with Gasteiger partial charge in [0.2, 0.25) is 0 Å². The summed E-state index contributed by atoms with van der Waals surface area (Å²) in [5.41, 5.74) is 2.94. The number of benzene rings is 4. The normalized spacial score (nSPS) is 10.7. The zero-order valence-electron chi connectivity index (χ0n) is 16.4. The number of carbonyl (C=O) groups is 1. The van der Waals surface area contributed by atoms with Crippen molar-refractivity contribution in [1.82, 2.24) is 4.98 Å². The first-order chi connectivity index (χ1) is 14.2. The molecule has 0 fully saturated rings. The van der Waals surface area contributed by atoms with Crippen molar-refractivity contribution in [2.45, 2.75) is 13.8 Å². The number of amides is 1. The van der Waals surface area contributed by atoms with Gasteiger partial charge in [-0.3, -0.25) is 4.79 Å². The summed E-state index contributed by atoms with van der Waals surface area (Å²) in [6, 6.07) is 24.7. The van der Waals surface area contributed by atoms with Crippen LogP contribution >= 0.6 is 0 Å². The second-order valence-corrected chi connectivity index (χ2v) is 6.57. The minimum atomic E-state index is -0.336. The number of nitrogens with one attached hydrogen (secondary N) is 2. The molecule has 0 aliphatic rings. The standard InChI is InChI=1S/C23H16N2O2.C2H6/c26-21-13-18-14(12-19(21)23(27)24-15-6-2-1-3-7-15)10-11-17-16-8-4-5-9-20(16)25-22(17)18;1-2/h1-13,25-26H,(H,24,27);1-2H3. The second-order valence-electron chi connectivity index (χ2n) is 6.57. The fourth-order valence-electron chi connectivity index (χ4n) is 3.58. The van der Waals surface area contributed by atoms with Crippen molar-refractivity contribution in [3.63, 3.8) is 0 Å². The molecule has 3 N–H and O–H groups in total. The van der Waals surface area contributed by atoms with Gasteiger partial charge in [-0.2, -0.15) is 0 Å². The smallest absolute Gasteiger partial charge is 0.259 e. The van der Waals surface area contributed by atoms with Crippen LogP contribution in [0.5, 0.6) is 5.75 Å². The number of anilines is 1. The summed E-state index contributed by atoms with van der Waals surface area (Å²) in [5, 5.41) is 17.3. The van der Waals surface area contributed by atoms with Gasteiger partial charge in [0.15, 0.2) is 0 Å². The fourth-order valence-corrected chi connectivity index (χ4v) is 3.58. The molecule has 4 nitrogen and oxygen atoms in total. The third-order valence-corrected chi connectivity index (χ3v) is 4.89. The van der Waals surface area contributed by atoms with Crippen LogP contribution in [0.25, 0.3) is 32.6 Å². The van der Waals surface area contributed by atoms with Gasteiger partial charge in [-0.15, -0.1) is 0 Å². The molecule has 0 radical (unpaired) electrons. The predicted octanol–water partition coefficient (Wildman–Crippen LogP) is 6.46. The molecule has 1 aromatic heterocycles. The monoisotopic (exact) mass is 382 g/mol. The first-order valence-electron chi connectivity index (χ1n) is 9.73. The molecule has 0 atom stereocenters. The minimum absolute atomic E-state index is 0.0397. The summed E-state index contributed by atoms with van der Waals surface area (Å²) in [5.74, 6) is -0.376. The molecule has 4 aromatic carbocycles. The number of aromatic nitrogens is 1. The van der Waals surface area contributed by atoms with E-state index in [0.717, 1.165) is 32.6 Å². The van der Waals surface area contributed by atoms with E-state index in [2.05, 4.69) is 16.4 Å². The van der Waals surface area contributed by atoms with Crippen molar-refractivity contribution in [2.75, 3.05) is 5.32 Å². The van der Waals surface area contributed by atoms with Gasteiger partial charge in [0.05, 0.1) is 11.1 Å². The SMILES string of the molecule is CC.O=C(Nc1ccccc1)c1cc2ccc3c4ccccc4[nH]c3c2cc1O. The predicted molar refractivity (Wildman–Crippen MR) is 121 cm³/mol. The van der Waals surface area contributed by atoms with Crippen molar-refractivity contribution in [1.29, 1.82) is 0 Å². The van der Waals surface area contributed by atoms with Crippen LogP contribution in [0.2, 0.25) is 0 Å². The molecule has 5 rings (SSSR count). The zero-order valence-corrected chi connectivity index (χ0v) is 16.4. The van der Waals surface area contributed by atoms with Gasteiger partial charge in [0, 0.05) is 27.4 Å². The zero-order chi connectivity index (χ0) is 20.4. The van der Waals surface area contributed by atoms with E-state index in [4.69, 9.17) is 0 Å². The number of hydrogen-bond acceptors (Lipinski definition) is 2. The largest absolute Gasteiger partial charge is 0.507 e. The summed E-state index contributed by atoms with van der Waals surface area (Å²) in [6.07, 6.45) is 0. The van der Waals surface area contributed by atoms with Crippen LogP contribution in [0.15, 0.2) is 78.9 Å². The van der Waals surface area contributed by atoms with Gasteiger partial charge in [0.1, 0.15) is 5.75 Å². The van der Waals surface area contributed by atoms with Gasteiger partial charge >= 0.3 is 0 Å². The van der Waals surface area contributed by atoms with Crippen LogP contribution in [0.4, 0.5) is 5.69 Å². The summed E-state index contributed by atoms with van der Waals surface area (Å²) in [7, 11) is 0. The van der Waals surface area contributed by atoms with Gasteiger partial charge < -0.3 is 15.4 Å². The molecule has 0 unspecified atom stereocenters. The molecule has 29 heavy (non-hydrogen) atoms. The summed E-state index contributed by atoms with van der Waals surface area (Å²) >= 11 is 0. The molecule has 1 heterocycles. The highest BCUT2D eigenvalue weighted by atomic mass is 16.3. The van der Waals surface area contributed by atoms with Crippen LogP contribution in [-0.4, -0.2) is 16.0 Å². The Kier molecular flexibility index (Phi) is 4.92. The highest BCUT2D eigenvalue weighted by molar-refractivity contribution is 6.18. The average molecular weight is 382 g/mol. The van der Waals surface area contributed by atoms with E-state index in [1.165, 1.54) is 0 Å². The lowest BCUT2D eigenvalue weighted by molar-refractivity contribution is 0.102. The van der Waals surface area contributed by atoms with Crippen molar-refractivity contribution in [3.05, 3.63) is 84.4 Å². The third kappa shape index (κ3) is 3.29. The van der Waals surface area contributed by atoms with Crippen LogP contribution in [0, 0.1) is 0 Å². The Morgan fingerprint density at radius 2 is 1.55 bits per heavy atom. The molecule has 1 amide bonds. The van der Waals surface area contributed by atoms with E-state index in [-0.39, 0.29) is 17.2 Å². The van der Waals surface area contributed by atoms with E-state index in [1.54, 1.807) is 12.1 Å². The van der Waals surface area contributed by atoms with Crippen LogP contribution in [0.3, 0.4) is 0 Å². The third-order valence-electron chi connectivity index (χ3n) is 4.89. The van der Waals surface area contributed by atoms with Crippen LogP contribution < -0.4 is 5.32 Å². The number of phenolic OH excluding ortho intramolecular Hbond substituents is 1. The molecule has 0 saturated carbocycles. The van der Waals surface area contributed by atoms with E-state index in [0.29, 0.717) is 5.69 Å². The van der Waals surface area contributed by atoms with Gasteiger partial charge in [-0.1, -0.05) is 62.4 Å². The first-order valence-corrected chi connectivity index (χ1v) is 9.73. The number of phenols is 1. The molecule has 0 aliphatic heterocycles. The van der Waals surface area contributed by atoms with Gasteiger partial charge in [0.25, 0.3) is 5.91 Å². The Balaban J connectivity index is 0.000000994. The molecule has 0 bridgehead atoms. The van der Waals surface area contributed by atoms with Crippen molar-refractivity contribution in [3.8, 4) is 5.75 Å². The highest BCUT2D eigenvalue weighted by Crippen LogP contribution is 2.34. The van der Waals surface area contributed by atoms with E-state index >= 15 is 0 Å². The second kappa shape index (κ2) is 7.68. The number of hydrogen-bond donors (Lipinski definition) is 3. The Morgan fingerprint density at radius 1 is 0.828 bits per heavy atom. The lowest BCUT2D eigenvalue weighted by Crippen LogP contribution is -2.12. The molecule has 0 spiro atoms. The summed E-state index contributed by atoms with van der Waals surface area (Å²) < 4.78 is 0. The number of aromatic hydroxyl groups is 1. The molecule has 5 aromatic rings. The van der Waals surface area contributed by atoms with Crippen LogP contribution in [-0.2, 0) is 0 Å². The molecule has 0 aliphatic carbocycles. The number of fused-ring (bicyclic) bond motifs is 5. The molecular weight excluding hydrogens is 360 g/mol. The Morgan fingerprint density at radius 3 is 2.34 bits per heavy atom. The number of rotatable bonds is 2. The number of carbonyl (C=O) groups excluding carboxylic acids is 1. The van der Waals surface area contributed by atoms with E-state index in [1.807, 2.05) is 74.5 Å². The fraction of sp³-hybridized carbons (Fsp3) is 0.0800. The maximum Gasteiger partial charge on any atom is 0.259 e. The van der Waals surface area contributed by atoms with Crippen molar-refractivity contribution in [2.24, 2.45) is 0 Å². The Labute approximate surface area is 168 Å².